The normalized spacial score (nSPS) is 19.9. The molecule has 2 aromatic carbocycles. The summed E-state index contributed by atoms with van der Waals surface area (Å²) in [6.07, 6.45) is 9.62. The number of benzene rings is 2. The van der Waals surface area contributed by atoms with Crippen LogP contribution in [-0.4, -0.2) is 30.3 Å². The molecule has 0 fully saturated rings. The molecule has 1 aliphatic heterocycles. The molecule has 4 rings (SSSR count). The summed E-state index contributed by atoms with van der Waals surface area (Å²) in [6.45, 7) is 5.62. The van der Waals surface area contributed by atoms with Gasteiger partial charge < -0.3 is 0 Å². The van der Waals surface area contributed by atoms with Crippen molar-refractivity contribution in [1.29, 1.82) is 0 Å². The molecule has 0 N–H and O–H groups in total. The van der Waals surface area contributed by atoms with Crippen LogP contribution in [0.3, 0.4) is 0 Å². The van der Waals surface area contributed by atoms with Crippen LogP contribution in [-0.2, 0) is 10.0 Å². The van der Waals surface area contributed by atoms with Crippen molar-refractivity contribution in [2.45, 2.75) is 24.3 Å². The fraction of sp³-hybridized carbons (Fsp3) is 0.115. The van der Waals surface area contributed by atoms with Crippen molar-refractivity contribution in [2.75, 3.05) is 0 Å². The number of allylic oxidation sites excluding steroid dienone is 4. The van der Waals surface area contributed by atoms with Gasteiger partial charge in [0.25, 0.3) is 10.0 Å². The summed E-state index contributed by atoms with van der Waals surface area (Å²) in [6, 6.07) is 17.5. The summed E-state index contributed by atoms with van der Waals surface area (Å²) in [5.41, 5.74) is 6.75. The van der Waals surface area contributed by atoms with Crippen molar-refractivity contribution >= 4 is 21.4 Å². The molecule has 2 aliphatic rings. The minimum Gasteiger partial charge on any atom is -0.256 e. The van der Waals surface area contributed by atoms with Crippen LogP contribution >= 0.6 is 0 Å². The molecule has 5 nitrogen and oxygen atoms in total. The molecule has 32 heavy (non-hydrogen) atoms. The lowest BCUT2D eigenvalue weighted by Crippen LogP contribution is -2.34. The highest BCUT2D eigenvalue weighted by molar-refractivity contribution is 7.89. The standard InChI is InChI=1S/C26H23N3O2S/c1-3-17-27-24-18-22(16-15-20(24)4-2)26-19-25(21-11-7-5-8-12-21)28-29(26)32(30,31)23-13-9-6-10-14-23/h3,5-18,26H,2,19H2,1H3/b17-3-,27-24?/t26-/m0/s1. The van der Waals surface area contributed by atoms with Crippen LogP contribution in [0.25, 0.3) is 0 Å². The molecule has 0 saturated carbocycles. The van der Waals surface area contributed by atoms with Gasteiger partial charge in [0.2, 0.25) is 0 Å². The maximum atomic E-state index is 13.5. The minimum absolute atomic E-state index is 0.206. The van der Waals surface area contributed by atoms with Crippen LogP contribution in [0.1, 0.15) is 18.9 Å². The Kier molecular flexibility index (Phi) is 6.17. The van der Waals surface area contributed by atoms with Crippen LogP contribution in [0.4, 0.5) is 0 Å². The zero-order valence-electron chi connectivity index (χ0n) is 17.7. The molecule has 0 spiro atoms. The van der Waals surface area contributed by atoms with Crippen LogP contribution in [0, 0.1) is 0 Å². The van der Waals surface area contributed by atoms with Gasteiger partial charge in [-0.2, -0.15) is 17.9 Å². The van der Waals surface area contributed by atoms with Gasteiger partial charge in [-0.3, -0.25) is 4.99 Å². The van der Waals surface area contributed by atoms with E-state index in [1.54, 1.807) is 36.5 Å². The molecule has 0 saturated heterocycles. The first kappa shape index (κ1) is 21.5. The lowest BCUT2D eigenvalue weighted by molar-refractivity contribution is 0.401. The van der Waals surface area contributed by atoms with E-state index in [1.165, 1.54) is 4.41 Å². The Hall–Kier alpha value is -3.73. The van der Waals surface area contributed by atoms with E-state index in [0.29, 0.717) is 12.1 Å². The van der Waals surface area contributed by atoms with Gasteiger partial charge in [0.1, 0.15) is 0 Å². The van der Waals surface area contributed by atoms with Crippen LogP contribution < -0.4 is 0 Å². The monoisotopic (exact) mass is 441 g/mol. The number of aliphatic imine (C=N–C) groups is 1. The summed E-state index contributed by atoms with van der Waals surface area (Å²) in [7, 11) is -3.85. The Morgan fingerprint density at radius 2 is 1.78 bits per heavy atom. The largest absolute Gasteiger partial charge is 0.279 e. The first-order valence-electron chi connectivity index (χ1n) is 10.3. The highest BCUT2D eigenvalue weighted by Crippen LogP contribution is 2.33. The highest BCUT2D eigenvalue weighted by atomic mass is 32.2. The fourth-order valence-corrected chi connectivity index (χ4v) is 5.09. The second-order valence-electron chi connectivity index (χ2n) is 7.29. The third-order valence-electron chi connectivity index (χ3n) is 5.23. The predicted octanol–water partition coefficient (Wildman–Crippen LogP) is 5.04. The molecule has 0 bridgehead atoms. The van der Waals surface area contributed by atoms with Crippen LogP contribution in [0.15, 0.2) is 130 Å². The Morgan fingerprint density at radius 3 is 2.44 bits per heavy atom. The summed E-state index contributed by atoms with van der Waals surface area (Å²) in [5, 5.41) is 4.59. The van der Waals surface area contributed by atoms with Crippen molar-refractivity contribution in [3.63, 3.8) is 0 Å². The molecule has 0 aromatic heterocycles. The molecule has 1 atom stereocenters. The number of hydrogen-bond acceptors (Lipinski definition) is 4. The average molecular weight is 442 g/mol. The molecule has 0 amide bonds. The van der Waals surface area contributed by atoms with Gasteiger partial charge in [0, 0.05) is 18.2 Å². The van der Waals surface area contributed by atoms with E-state index in [9.17, 15) is 8.42 Å². The second-order valence-corrected chi connectivity index (χ2v) is 9.08. The number of rotatable bonds is 5. The molecule has 0 radical (unpaired) electrons. The maximum Gasteiger partial charge on any atom is 0.279 e. The molecule has 6 heteroatoms. The van der Waals surface area contributed by atoms with Crippen molar-refractivity contribution in [1.82, 2.24) is 4.41 Å². The summed E-state index contributed by atoms with van der Waals surface area (Å²) in [4.78, 5) is 4.67. The zero-order chi connectivity index (χ0) is 22.6. The van der Waals surface area contributed by atoms with E-state index in [1.807, 2.05) is 61.6 Å². The molecule has 160 valence electrons. The highest BCUT2D eigenvalue weighted by Gasteiger charge is 2.38. The van der Waals surface area contributed by atoms with E-state index in [0.717, 1.165) is 22.4 Å². The lowest BCUT2D eigenvalue weighted by Gasteiger charge is -2.25. The van der Waals surface area contributed by atoms with Gasteiger partial charge in [-0.05, 0) is 42.3 Å². The number of hydrogen-bond donors (Lipinski definition) is 0. The molecule has 1 aliphatic carbocycles. The second kappa shape index (κ2) is 9.18. The average Bonchev–Trinajstić information content (AvgIpc) is 3.30. The molecular formula is C26H23N3O2S. The van der Waals surface area contributed by atoms with E-state index < -0.39 is 16.1 Å². The first-order chi connectivity index (χ1) is 15.5. The fourth-order valence-electron chi connectivity index (χ4n) is 3.63. The lowest BCUT2D eigenvalue weighted by atomic mass is 9.93. The summed E-state index contributed by atoms with van der Waals surface area (Å²) < 4.78 is 28.3. The van der Waals surface area contributed by atoms with Crippen molar-refractivity contribution in [3.8, 4) is 0 Å². The smallest absolute Gasteiger partial charge is 0.256 e. The Labute approximate surface area is 188 Å². The van der Waals surface area contributed by atoms with Crippen molar-refractivity contribution in [2.24, 2.45) is 10.1 Å². The van der Waals surface area contributed by atoms with Gasteiger partial charge in [0.15, 0.2) is 0 Å². The van der Waals surface area contributed by atoms with Gasteiger partial charge in [-0.15, -0.1) is 5.73 Å². The van der Waals surface area contributed by atoms with Gasteiger partial charge >= 0.3 is 0 Å². The molecule has 0 unspecified atom stereocenters. The van der Waals surface area contributed by atoms with E-state index >= 15 is 0 Å². The number of nitrogens with zero attached hydrogens (tertiary/aromatic N) is 3. The van der Waals surface area contributed by atoms with Crippen molar-refractivity contribution < 1.29 is 8.42 Å². The zero-order valence-corrected chi connectivity index (χ0v) is 18.5. The van der Waals surface area contributed by atoms with Crippen LogP contribution in [0.5, 0.6) is 0 Å². The minimum atomic E-state index is -3.85. The summed E-state index contributed by atoms with van der Waals surface area (Å²) >= 11 is 0. The third kappa shape index (κ3) is 4.19. The van der Waals surface area contributed by atoms with Gasteiger partial charge in [0.05, 0.1) is 22.4 Å². The topological polar surface area (TPSA) is 62.1 Å². The maximum absolute atomic E-state index is 13.5. The first-order valence-corrected chi connectivity index (χ1v) is 11.7. The molecule has 1 heterocycles. The van der Waals surface area contributed by atoms with Crippen molar-refractivity contribution in [3.05, 3.63) is 120 Å². The predicted molar refractivity (Wildman–Crippen MR) is 129 cm³/mol. The number of sulfonamides is 1. The van der Waals surface area contributed by atoms with E-state index in [4.69, 9.17) is 0 Å². The van der Waals surface area contributed by atoms with E-state index in [-0.39, 0.29) is 4.90 Å². The Bertz CT molecular complexity index is 1310. The third-order valence-corrected chi connectivity index (χ3v) is 6.92. The summed E-state index contributed by atoms with van der Waals surface area (Å²) in [5.74, 6) is 0. The van der Waals surface area contributed by atoms with Crippen LogP contribution in [0.2, 0.25) is 0 Å². The Balaban J connectivity index is 1.81. The molecule has 2 aromatic rings. The van der Waals surface area contributed by atoms with Gasteiger partial charge in [-0.25, -0.2) is 0 Å². The SMILES string of the molecule is C=C=C1C=CC([C@@H]2CC(c3ccccc3)=NN2S(=O)(=O)c2ccccc2)=CC1=N/C=C\C. The Morgan fingerprint density at radius 1 is 1.09 bits per heavy atom. The number of hydrazone groups is 1. The quantitative estimate of drug-likeness (QED) is 0.611. The molecular weight excluding hydrogens is 418 g/mol. The van der Waals surface area contributed by atoms with E-state index in [2.05, 4.69) is 22.4 Å². The van der Waals surface area contributed by atoms with Gasteiger partial charge in [-0.1, -0.05) is 67.3 Å².